The molecule has 1 amide bonds. The molecule has 2 aromatic carbocycles. The highest BCUT2D eigenvalue weighted by molar-refractivity contribution is 7.89. The summed E-state index contributed by atoms with van der Waals surface area (Å²) in [7, 11) is -2.55. The van der Waals surface area contributed by atoms with E-state index in [1.165, 1.54) is 49.5 Å². The molecule has 0 radical (unpaired) electrons. The largest absolute Gasteiger partial charge is 0.416 e. The fraction of sp³-hybridized carbons (Fsp3) is 0.316. The van der Waals surface area contributed by atoms with E-state index in [0.29, 0.717) is 18.4 Å². The molecule has 1 aliphatic rings. The number of rotatable bonds is 4. The normalized spacial score (nSPS) is 18.2. The molecule has 1 heterocycles. The summed E-state index contributed by atoms with van der Waals surface area (Å²) in [6.07, 6.45) is -3.79. The maximum Gasteiger partial charge on any atom is 0.416 e. The maximum atomic E-state index is 13.4. The van der Waals surface area contributed by atoms with Gasteiger partial charge in [-0.15, -0.1) is 0 Å². The molecule has 9 heteroatoms. The predicted molar refractivity (Wildman–Crippen MR) is 97.1 cm³/mol. The van der Waals surface area contributed by atoms with E-state index in [4.69, 9.17) is 0 Å². The lowest BCUT2D eigenvalue weighted by Crippen LogP contribution is -2.31. The van der Waals surface area contributed by atoms with Gasteiger partial charge in [0.05, 0.1) is 16.5 Å². The molecule has 3 rings (SSSR count). The van der Waals surface area contributed by atoms with Crippen molar-refractivity contribution in [1.82, 2.24) is 9.62 Å². The van der Waals surface area contributed by atoms with Gasteiger partial charge in [0, 0.05) is 19.2 Å². The van der Waals surface area contributed by atoms with Gasteiger partial charge in [-0.3, -0.25) is 4.79 Å². The molecule has 0 aromatic heterocycles. The topological polar surface area (TPSA) is 66.5 Å². The average Bonchev–Trinajstić information content (AvgIpc) is 3.17. The van der Waals surface area contributed by atoms with Gasteiger partial charge in [-0.2, -0.15) is 17.5 Å². The molecule has 0 spiro atoms. The van der Waals surface area contributed by atoms with E-state index in [2.05, 4.69) is 5.32 Å². The molecule has 1 unspecified atom stereocenters. The Morgan fingerprint density at radius 1 is 1.11 bits per heavy atom. The number of alkyl halides is 3. The molecule has 2 aromatic rings. The van der Waals surface area contributed by atoms with Crippen LogP contribution >= 0.6 is 0 Å². The molecular formula is C19H19F3N2O3S. The van der Waals surface area contributed by atoms with Gasteiger partial charge in [0.2, 0.25) is 10.0 Å². The van der Waals surface area contributed by atoms with Crippen molar-refractivity contribution in [3.63, 3.8) is 0 Å². The molecule has 150 valence electrons. The Labute approximate surface area is 161 Å². The van der Waals surface area contributed by atoms with Gasteiger partial charge in [0.25, 0.3) is 5.91 Å². The highest BCUT2D eigenvalue weighted by atomic mass is 32.2. The number of carbonyl (C=O) groups excluding carboxylic acids is 1. The summed E-state index contributed by atoms with van der Waals surface area (Å²) in [5.74, 6) is -0.359. The summed E-state index contributed by atoms with van der Waals surface area (Å²) in [5, 5.41) is 2.44. The molecule has 1 N–H and O–H groups in total. The van der Waals surface area contributed by atoms with Crippen LogP contribution in [0.5, 0.6) is 0 Å². The zero-order chi connectivity index (χ0) is 20.5. The minimum absolute atomic E-state index is 0.0435. The van der Waals surface area contributed by atoms with Crippen LogP contribution in [0.1, 0.15) is 40.4 Å². The first-order chi connectivity index (χ1) is 13.2. The number of halogens is 3. The molecule has 0 bridgehead atoms. The second kappa shape index (κ2) is 7.56. The summed E-state index contributed by atoms with van der Waals surface area (Å²) in [5.41, 5.74) is -0.572. The standard InChI is InChI=1S/C19H19F3N2O3S/c1-23-18(25)13-8-10-14(11-9-13)28(26,27)24-12-4-7-17(24)15-5-2-3-6-16(15)19(20,21)22/h2-3,5-6,8-11,17H,4,7,12H2,1H3,(H,23,25). The van der Waals surface area contributed by atoms with E-state index < -0.39 is 27.8 Å². The van der Waals surface area contributed by atoms with E-state index in [0.717, 1.165) is 10.4 Å². The lowest BCUT2D eigenvalue weighted by atomic mass is 9.99. The summed E-state index contributed by atoms with van der Waals surface area (Å²) < 4.78 is 67.5. The zero-order valence-corrected chi connectivity index (χ0v) is 15.8. The highest BCUT2D eigenvalue weighted by Crippen LogP contribution is 2.42. The molecule has 0 aliphatic carbocycles. The van der Waals surface area contributed by atoms with Gasteiger partial charge in [-0.25, -0.2) is 8.42 Å². The van der Waals surface area contributed by atoms with Gasteiger partial charge in [-0.1, -0.05) is 18.2 Å². The third kappa shape index (κ3) is 3.77. The second-order valence-electron chi connectivity index (χ2n) is 6.46. The van der Waals surface area contributed by atoms with E-state index in [9.17, 15) is 26.4 Å². The Morgan fingerprint density at radius 3 is 2.36 bits per heavy atom. The molecule has 1 fully saturated rings. The van der Waals surface area contributed by atoms with Crippen LogP contribution in [0.25, 0.3) is 0 Å². The van der Waals surface area contributed by atoms with Gasteiger partial charge in [0.1, 0.15) is 0 Å². The van der Waals surface area contributed by atoms with Gasteiger partial charge >= 0.3 is 6.18 Å². The van der Waals surface area contributed by atoms with Crippen molar-refractivity contribution < 1.29 is 26.4 Å². The van der Waals surface area contributed by atoms with Gasteiger partial charge in [-0.05, 0) is 48.7 Å². The van der Waals surface area contributed by atoms with Crippen molar-refractivity contribution in [2.75, 3.05) is 13.6 Å². The minimum atomic E-state index is -4.57. The van der Waals surface area contributed by atoms with Gasteiger partial charge < -0.3 is 5.32 Å². The number of hydrogen-bond acceptors (Lipinski definition) is 3. The maximum absolute atomic E-state index is 13.4. The molecular weight excluding hydrogens is 393 g/mol. The quantitative estimate of drug-likeness (QED) is 0.835. The van der Waals surface area contributed by atoms with E-state index in [1.807, 2.05) is 0 Å². The number of carbonyl (C=O) groups is 1. The summed E-state index contributed by atoms with van der Waals surface area (Å²) in [6, 6.07) is 9.52. The Morgan fingerprint density at radius 2 is 1.75 bits per heavy atom. The number of sulfonamides is 1. The van der Waals surface area contributed by atoms with Gasteiger partial charge in [0.15, 0.2) is 0 Å². The van der Waals surface area contributed by atoms with E-state index in [1.54, 1.807) is 0 Å². The Hall–Kier alpha value is -2.39. The summed E-state index contributed by atoms with van der Waals surface area (Å²) >= 11 is 0. The lowest BCUT2D eigenvalue weighted by Gasteiger charge is -2.26. The van der Waals surface area contributed by atoms with E-state index >= 15 is 0 Å². The number of hydrogen-bond donors (Lipinski definition) is 1. The van der Waals surface area contributed by atoms with Crippen molar-refractivity contribution in [2.45, 2.75) is 30.0 Å². The SMILES string of the molecule is CNC(=O)c1ccc(S(=O)(=O)N2CCCC2c2ccccc2C(F)(F)F)cc1. The number of nitrogens with one attached hydrogen (secondary N) is 1. The van der Waals surface area contributed by atoms with Crippen LogP contribution in [0.15, 0.2) is 53.4 Å². The van der Waals surface area contributed by atoms with Crippen LogP contribution in [0.3, 0.4) is 0 Å². The van der Waals surface area contributed by atoms with Crippen LogP contribution in [0.2, 0.25) is 0 Å². The molecule has 0 saturated carbocycles. The number of nitrogens with zero attached hydrogens (tertiary/aromatic N) is 1. The number of amides is 1. The van der Waals surface area contributed by atoms with Crippen LogP contribution in [-0.2, 0) is 16.2 Å². The molecule has 28 heavy (non-hydrogen) atoms. The minimum Gasteiger partial charge on any atom is -0.355 e. The van der Waals surface area contributed by atoms with E-state index in [-0.39, 0.29) is 22.9 Å². The lowest BCUT2D eigenvalue weighted by molar-refractivity contribution is -0.138. The highest BCUT2D eigenvalue weighted by Gasteiger charge is 2.41. The third-order valence-corrected chi connectivity index (χ3v) is 6.70. The summed E-state index contributed by atoms with van der Waals surface area (Å²) in [6.45, 7) is 0.135. The number of benzene rings is 2. The van der Waals surface area contributed by atoms with Crippen molar-refractivity contribution in [2.24, 2.45) is 0 Å². The third-order valence-electron chi connectivity index (χ3n) is 4.78. The summed E-state index contributed by atoms with van der Waals surface area (Å²) in [4.78, 5) is 11.6. The van der Waals surface area contributed by atoms with Crippen LogP contribution in [-0.4, -0.2) is 32.2 Å². The fourth-order valence-corrected chi connectivity index (χ4v) is 5.12. The predicted octanol–water partition coefficient (Wildman–Crippen LogP) is 3.59. The Kier molecular flexibility index (Phi) is 5.49. The van der Waals surface area contributed by atoms with Crippen molar-refractivity contribution in [3.05, 3.63) is 65.2 Å². The molecule has 1 saturated heterocycles. The first-order valence-electron chi connectivity index (χ1n) is 8.66. The first kappa shape index (κ1) is 20.3. The van der Waals surface area contributed by atoms with Crippen molar-refractivity contribution in [3.8, 4) is 0 Å². The molecule has 5 nitrogen and oxygen atoms in total. The van der Waals surface area contributed by atoms with Crippen LogP contribution in [0.4, 0.5) is 13.2 Å². The second-order valence-corrected chi connectivity index (χ2v) is 8.35. The smallest absolute Gasteiger partial charge is 0.355 e. The monoisotopic (exact) mass is 412 g/mol. The van der Waals surface area contributed by atoms with Crippen LogP contribution in [0, 0.1) is 0 Å². The fourth-order valence-electron chi connectivity index (χ4n) is 3.44. The Balaban J connectivity index is 1.98. The average molecular weight is 412 g/mol. The van der Waals surface area contributed by atoms with Crippen LogP contribution < -0.4 is 5.32 Å². The zero-order valence-electron chi connectivity index (χ0n) is 15.0. The van der Waals surface area contributed by atoms with Crippen molar-refractivity contribution >= 4 is 15.9 Å². The molecule has 1 atom stereocenters. The Bertz CT molecular complexity index is 973. The van der Waals surface area contributed by atoms with Crippen molar-refractivity contribution in [1.29, 1.82) is 0 Å². The molecule has 1 aliphatic heterocycles. The first-order valence-corrected chi connectivity index (χ1v) is 10.1.